The van der Waals surface area contributed by atoms with Gasteiger partial charge in [0.25, 0.3) is 0 Å². The lowest BCUT2D eigenvalue weighted by Crippen LogP contribution is -2.65. The van der Waals surface area contributed by atoms with Gasteiger partial charge in [0.1, 0.15) is 0 Å². The first kappa shape index (κ1) is 25.5. The molecule has 0 radical (unpaired) electrons. The van der Waals surface area contributed by atoms with Crippen LogP contribution in [0.4, 0.5) is 0 Å². The maximum atomic E-state index is 13.3. The van der Waals surface area contributed by atoms with Crippen molar-refractivity contribution in [3.8, 4) is 0 Å². The predicted molar refractivity (Wildman–Crippen MR) is 141 cm³/mol. The van der Waals surface area contributed by atoms with Gasteiger partial charge in [-0.15, -0.1) is 0 Å². The zero-order valence-electron chi connectivity index (χ0n) is 23.7. The molecule has 4 saturated carbocycles. The molecule has 5 rings (SSSR count). The van der Waals surface area contributed by atoms with Crippen LogP contribution in [-0.2, 0) is 9.59 Å². The van der Waals surface area contributed by atoms with Crippen molar-refractivity contribution in [2.45, 2.75) is 120 Å². The molecular formula is C32H50O3. The molecule has 5 aliphatic carbocycles. The molecule has 1 N–H and O–H groups in total. The number of carbonyl (C=O) groups excluding carboxylic acids is 1. The van der Waals surface area contributed by atoms with E-state index < -0.39 is 17.2 Å². The quantitative estimate of drug-likeness (QED) is 0.327. The maximum absolute atomic E-state index is 13.3. The highest BCUT2D eigenvalue weighted by molar-refractivity contribution is 6.35. The minimum Gasteiger partial charge on any atom is -0.475 e. The average Bonchev–Trinajstić information content (AvgIpc) is 3.17. The molecule has 0 aromatic heterocycles. The number of hydrogen-bond donors (Lipinski definition) is 1. The van der Waals surface area contributed by atoms with Crippen LogP contribution in [-0.4, -0.2) is 16.9 Å². The van der Waals surface area contributed by atoms with Crippen LogP contribution in [0.5, 0.6) is 0 Å². The minimum atomic E-state index is -1.22. The van der Waals surface area contributed by atoms with Crippen LogP contribution in [0.25, 0.3) is 0 Å². The van der Waals surface area contributed by atoms with Gasteiger partial charge in [0, 0.05) is 0 Å². The van der Waals surface area contributed by atoms with E-state index in [-0.39, 0.29) is 10.8 Å². The Labute approximate surface area is 213 Å². The summed E-state index contributed by atoms with van der Waals surface area (Å²) in [6.45, 7) is 19.9. The van der Waals surface area contributed by atoms with Gasteiger partial charge in [-0.25, -0.2) is 4.79 Å². The van der Waals surface area contributed by atoms with Crippen LogP contribution >= 0.6 is 0 Å². The number of carboxylic acids is 1. The van der Waals surface area contributed by atoms with Gasteiger partial charge in [-0.3, -0.25) is 4.79 Å². The molecule has 196 valence electrons. The largest absolute Gasteiger partial charge is 0.475 e. The molecule has 5 aliphatic rings. The van der Waals surface area contributed by atoms with Gasteiger partial charge >= 0.3 is 5.97 Å². The lowest BCUT2D eigenvalue weighted by atomic mass is 9.32. The fourth-order valence-corrected chi connectivity index (χ4v) is 11.4. The summed E-state index contributed by atoms with van der Waals surface area (Å²) in [4.78, 5) is 25.4. The Balaban J connectivity index is 1.60. The molecule has 0 spiro atoms. The standard InChI is InChI=1S/C32H50O3/c1-19(2)21-12-16-32(26(33)27(34)35)18-17-30(7)22(25(21)32)9-10-24-29(6)14-11-20(3)28(4,5)23(29)13-15-31(24,30)8/h19-20,22-24H,9-18H2,1-8H3,(H,34,35)/t20-,22+,23-,24+,29-,30+,31+,32-/m0/s1. The Kier molecular flexibility index (Phi) is 5.62. The molecular weight excluding hydrogens is 432 g/mol. The summed E-state index contributed by atoms with van der Waals surface area (Å²) in [5.74, 6) is 1.29. The van der Waals surface area contributed by atoms with E-state index in [2.05, 4.69) is 55.4 Å². The highest BCUT2D eigenvalue weighted by atomic mass is 16.4. The van der Waals surface area contributed by atoms with Gasteiger partial charge in [-0.2, -0.15) is 0 Å². The van der Waals surface area contributed by atoms with Crippen molar-refractivity contribution in [3.63, 3.8) is 0 Å². The fourth-order valence-electron chi connectivity index (χ4n) is 11.4. The summed E-state index contributed by atoms with van der Waals surface area (Å²) in [7, 11) is 0. The van der Waals surface area contributed by atoms with Crippen molar-refractivity contribution in [2.75, 3.05) is 0 Å². The van der Waals surface area contributed by atoms with E-state index in [9.17, 15) is 14.7 Å². The molecule has 0 aliphatic heterocycles. The smallest absolute Gasteiger partial charge is 0.373 e. The van der Waals surface area contributed by atoms with Crippen molar-refractivity contribution in [1.29, 1.82) is 0 Å². The second-order valence-electron chi connectivity index (χ2n) is 15.2. The van der Waals surface area contributed by atoms with Crippen LogP contribution in [0.3, 0.4) is 0 Å². The number of allylic oxidation sites excluding steroid dienone is 2. The molecule has 3 heteroatoms. The van der Waals surface area contributed by atoms with Crippen molar-refractivity contribution in [1.82, 2.24) is 0 Å². The van der Waals surface area contributed by atoms with Gasteiger partial charge in [0.2, 0.25) is 5.78 Å². The normalized spacial score (nSPS) is 48.6. The number of hydrogen-bond acceptors (Lipinski definition) is 2. The Morgan fingerprint density at radius 1 is 0.829 bits per heavy atom. The van der Waals surface area contributed by atoms with Gasteiger partial charge in [-0.05, 0) is 115 Å². The highest BCUT2D eigenvalue weighted by Crippen LogP contribution is 2.77. The summed E-state index contributed by atoms with van der Waals surface area (Å²) in [6.07, 6.45) is 11.0. The molecule has 0 amide bonds. The lowest BCUT2D eigenvalue weighted by molar-refractivity contribution is -0.219. The van der Waals surface area contributed by atoms with Crippen LogP contribution < -0.4 is 0 Å². The van der Waals surface area contributed by atoms with E-state index >= 15 is 0 Å². The number of Topliss-reactive ketones (excluding diaryl/α,β-unsaturated/α-hetero) is 1. The average molecular weight is 483 g/mol. The van der Waals surface area contributed by atoms with E-state index in [1.54, 1.807) is 0 Å². The van der Waals surface area contributed by atoms with E-state index in [4.69, 9.17) is 0 Å². The van der Waals surface area contributed by atoms with E-state index in [0.29, 0.717) is 28.6 Å². The van der Waals surface area contributed by atoms with Crippen molar-refractivity contribution >= 4 is 11.8 Å². The Morgan fingerprint density at radius 2 is 1.51 bits per heavy atom. The predicted octanol–water partition coefficient (Wildman–Crippen LogP) is 8.08. The summed E-state index contributed by atoms with van der Waals surface area (Å²) >= 11 is 0. The van der Waals surface area contributed by atoms with Crippen molar-refractivity contribution in [3.05, 3.63) is 11.1 Å². The van der Waals surface area contributed by atoms with Crippen molar-refractivity contribution in [2.24, 2.45) is 56.7 Å². The molecule has 0 bridgehead atoms. The van der Waals surface area contributed by atoms with E-state index in [1.807, 2.05) is 0 Å². The zero-order valence-corrected chi connectivity index (χ0v) is 23.7. The highest BCUT2D eigenvalue weighted by Gasteiger charge is 2.70. The summed E-state index contributed by atoms with van der Waals surface area (Å²) < 4.78 is 0. The topological polar surface area (TPSA) is 54.4 Å². The Morgan fingerprint density at radius 3 is 2.14 bits per heavy atom. The van der Waals surface area contributed by atoms with Gasteiger partial charge in [0.15, 0.2) is 0 Å². The first-order valence-electron chi connectivity index (χ1n) is 14.7. The first-order valence-corrected chi connectivity index (χ1v) is 14.7. The summed E-state index contributed by atoms with van der Waals surface area (Å²) in [5.41, 5.74) is 3.15. The summed E-state index contributed by atoms with van der Waals surface area (Å²) in [5, 5.41) is 9.86. The number of rotatable bonds is 3. The lowest BCUT2D eigenvalue weighted by Gasteiger charge is -2.72. The maximum Gasteiger partial charge on any atom is 0.373 e. The van der Waals surface area contributed by atoms with Crippen LogP contribution in [0.1, 0.15) is 120 Å². The van der Waals surface area contributed by atoms with Gasteiger partial charge in [-0.1, -0.05) is 66.5 Å². The van der Waals surface area contributed by atoms with Crippen LogP contribution in [0.15, 0.2) is 11.1 Å². The van der Waals surface area contributed by atoms with Crippen LogP contribution in [0.2, 0.25) is 0 Å². The number of fused-ring (bicyclic) bond motifs is 7. The molecule has 3 nitrogen and oxygen atoms in total. The molecule has 0 aromatic carbocycles. The molecule has 0 aromatic rings. The SMILES string of the molecule is CC(C)C1=C2[C@H]3CC[C@@H]4[C@@]5(C)CC[C@H](C)C(C)(C)[C@@H]5CC[C@@]4(C)[C@]3(C)CC[C@@]2(C(=O)C(=O)O)CC1. The monoisotopic (exact) mass is 482 g/mol. The molecule has 0 heterocycles. The fraction of sp³-hybridized carbons (Fsp3) is 0.875. The first-order chi connectivity index (χ1) is 16.2. The third kappa shape index (κ3) is 3.02. The third-order valence-electron chi connectivity index (χ3n) is 13.8. The minimum absolute atomic E-state index is 0.138. The number of carboxylic acid groups (broad SMARTS) is 1. The Bertz CT molecular complexity index is 973. The van der Waals surface area contributed by atoms with E-state index in [0.717, 1.165) is 43.9 Å². The number of ketones is 1. The van der Waals surface area contributed by atoms with Gasteiger partial charge < -0.3 is 5.11 Å². The summed E-state index contributed by atoms with van der Waals surface area (Å²) in [6, 6.07) is 0. The van der Waals surface area contributed by atoms with E-state index in [1.165, 1.54) is 43.3 Å². The van der Waals surface area contributed by atoms with Gasteiger partial charge in [0.05, 0.1) is 5.41 Å². The van der Waals surface area contributed by atoms with Crippen LogP contribution in [0, 0.1) is 56.7 Å². The Hall–Kier alpha value is -1.12. The number of aliphatic carboxylic acids is 1. The third-order valence-corrected chi connectivity index (χ3v) is 13.8. The van der Waals surface area contributed by atoms with Crippen molar-refractivity contribution < 1.29 is 14.7 Å². The molecule has 4 fully saturated rings. The second-order valence-corrected chi connectivity index (χ2v) is 15.2. The zero-order chi connectivity index (χ0) is 25.8. The molecule has 0 unspecified atom stereocenters. The molecule has 8 atom stereocenters. The molecule has 0 saturated heterocycles. The second kappa shape index (κ2) is 7.70. The number of carbonyl (C=O) groups is 2. The molecule has 35 heavy (non-hydrogen) atoms.